The predicted octanol–water partition coefficient (Wildman–Crippen LogP) is -2.73. The SMILES string of the molecule is O=c1[n-]oc(=O)n1C1CCCCC1.[K+]. The first-order valence-electron chi connectivity index (χ1n) is 4.54. The van der Waals surface area contributed by atoms with Crippen molar-refractivity contribution >= 4 is 0 Å². The van der Waals surface area contributed by atoms with Crippen molar-refractivity contribution in [2.24, 2.45) is 0 Å². The molecule has 0 bridgehead atoms. The molecular weight excluding hydrogens is 211 g/mol. The summed E-state index contributed by atoms with van der Waals surface area (Å²) < 4.78 is 5.43. The van der Waals surface area contributed by atoms with Gasteiger partial charge in [-0.15, -0.1) is 0 Å². The van der Waals surface area contributed by atoms with Gasteiger partial charge >= 0.3 is 57.1 Å². The van der Waals surface area contributed by atoms with Crippen LogP contribution >= 0.6 is 0 Å². The van der Waals surface area contributed by atoms with E-state index in [9.17, 15) is 9.59 Å². The van der Waals surface area contributed by atoms with Gasteiger partial charge in [-0.25, -0.2) is 9.95 Å². The van der Waals surface area contributed by atoms with Gasteiger partial charge in [0.1, 0.15) is 0 Å². The van der Waals surface area contributed by atoms with Crippen LogP contribution in [0, 0.1) is 0 Å². The van der Waals surface area contributed by atoms with E-state index in [1.807, 2.05) is 0 Å². The van der Waals surface area contributed by atoms with E-state index in [0.717, 1.165) is 30.3 Å². The van der Waals surface area contributed by atoms with E-state index in [1.54, 1.807) is 0 Å². The molecular formula is C8H11KN2O3. The maximum atomic E-state index is 11.1. The summed E-state index contributed by atoms with van der Waals surface area (Å²) in [4.78, 5) is 22.2. The minimum Gasteiger partial charge on any atom is -0.419 e. The van der Waals surface area contributed by atoms with Gasteiger partial charge in [0.25, 0.3) is 0 Å². The van der Waals surface area contributed by atoms with Crippen molar-refractivity contribution in [3.8, 4) is 0 Å². The fourth-order valence-electron chi connectivity index (χ4n) is 1.89. The molecule has 1 aromatic heterocycles. The van der Waals surface area contributed by atoms with Crippen LogP contribution in [0.5, 0.6) is 0 Å². The number of hydrogen-bond acceptors (Lipinski definition) is 3. The number of rotatable bonds is 1. The second-order valence-corrected chi connectivity index (χ2v) is 3.39. The van der Waals surface area contributed by atoms with Crippen LogP contribution < -0.4 is 68.0 Å². The first-order valence-corrected chi connectivity index (χ1v) is 4.54. The van der Waals surface area contributed by atoms with Crippen molar-refractivity contribution in [3.05, 3.63) is 21.0 Å². The normalized spacial score (nSPS) is 17.7. The zero-order chi connectivity index (χ0) is 9.26. The molecule has 0 spiro atoms. The molecule has 2 rings (SSSR count). The number of hydrogen-bond donors (Lipinski definition) is 0. The van der Waals surface area contributed by atoms with Gasteiger partial charge in [-0.3, -0.25) is 4.79 Å². The smallest absolute Gasteiger partial charge is 0.419 e. The Kier molecular flexibility index (Phi) is 4.85. The van der Waals surface area contributed by atoms with Crippen LogP contribution in [0.1, 0.15) is 38.1 Å². The molecule has 0 unspecified atom stereocenters. The fraction of sp³-hybridized carbons (Fsp3) is 0.750. The molecule has 1 heterocycles. The first-order chi connectivity index (χ1) is 6.29. The molecule has 0 N–H and O–H groups in total. The number of nitrogens with zero attached hydrogens (tertiary/aromatic N) is 2. The quantitative estimate of drug-likeness (QED) is 0.484. The maximum absolute atomic E-state index is 11.1. The van der Waals surface area contributed by atoms with Crippen LogP contribution in [-0.4, -0.2) is 4.57 Å². The standard InChI is InChI=1S/C8H12N2O3.K/c11-7-9-13-8(12)10(7)6-4-2-1-3-5-6;/h6H,1-5H2,(H,9,11);/q;+1/p-1. The molecule has 0 saturated heterocycles. The molecule has 6 heteroatoms. The number of aromatic nitrogens is 2. The van der Waals surface area contributed by atoms with E-state index in [2.05, 4.69) is 9.68 Å². The molecule has 5 nitrogen and oxygen atoms in total. The zero-order valence-corrected chi connectivity index (χ0v) is 11.4. The fourth-order valence-corrected chi connectivity index (χ4v) is 1.89. The van der Waals surface area contributed by atoms with Crippen molar-refractivity contribution in [3.63, 3.8) is 0 Å². The summed E-state index contributed by atoms with van der Waals surface area (Å²) in [6.45, 7) is 0. The largest absolute Gasteiger partial charge is 1.00 e. The van der Waals surface area contributed by atoms with E-state index < -0.39 is 11.4 Å². The molecule has 0 aromatic carbocycles. The average Bonchev–Trinajstić information content (AvgIpc) is 2.48. The monoisotopic (exact) mass is 222 g/mol. The average molecular weight is 222 g/mol. The van der Waals surface area contributed by atoms with Crippen LogP contribution in [0.2, 0.25) is 0 Å². The van der Waals surface area contributed by atoms with E-state index >= 15 is 0 Å². The molecule has 1 aromatic rings. The third kappa shape index (κ3) is 2.49. The Hall–Kier alpha value is 0.376. The van der Waals surface area contributed by atoms with Gasteiger partial charge in [0.2, 0.25) is 0 Å². The third-order valence-corrected chi connectivity index (χ3v) is 2.54. The van der Waals surface area contributed by atoms with Gasteiger partial charge in [-0.1, -0.05) is 32.1 Å². The van der Waals surface area contributed by atoms with Crippen LogP contribution in [-0.2, 0) is 0 Å². The van der Waals surface area contributed by atoms with Crippen molar-refractivity contribution < 1.29 is 55.9 Å². The van der Waals surface area contributed by atoms with E-state index in [0.29, 0.717) is 0 Å². The predicted molar refractivity (Wildman–Crippen MR) is 44.7 cm³/mol. The van der Waals surface area contributed by atoms with Crippen molar-refractivity contribution in [2.75, 3.05) is 0 Å². The Morgan fingerprint density at radius 2 is 1.86 bits per heavy atom. The summed E-state index contributed by atoms with van der Waals surface area (Å²) in [5, 5.41) is 3.11. The molecule has 1 aliphatic carbocycles. The molecule has 0 aliphatic heterocycles. The molecule has 1 saturated carbocycles. The van der Waals surface area contributed by atoms with Gasteiger partial charge < -0.3 is 9.09 Å². The zero-order valence-electron chi connectivity index (χ0n) is 8.23. The Bertz CT molecular complexity index is 358. The van der Waals surface area contributed by atoms with Crippen LogP contribution in [0.4, 0.5) is 0 Å². The summed E-state index contributed by atoms with van der Waals surface area (Å²) in [7, 11) is 0. The third-order valence-electron chi connectivity index (χ3n) is 2.54. The molecule has 14 heavy (non-hydrogen) atoms. The minimum atomic E-state index is -0.614. The van der Waals surface area contributed by atoms with Crippen LogP contribution in [0.3, 0.4) is 0 Å². The van der Waals surface area contributed by atoms with E-state index in [1.165, 1.54) is 6.42 Å². The Balaban J connectivity index is 0.000000980. The summed E-state index contributed by atoms with van der Waals surface area (Å²) in [5.41, 5.74) is -0.545. The van der Waals surface area contributed by atoms with Gasteiger partial charge in [0.05, 0.1) is 0 Å². The van der Waals surface area contributed by atoms with Gasteiger partial charge in [-0.2, -0.15) is 0 Å². The van der Waals surface area contributed by atoms with Crippen molar-refractivity contribution in [1.29, 1.82) is 0 Å². The molecule has 1 aliphatic rings. The molecule has 1 fully saturated rings. The summed E-state index contributed by atoms with van der Waals surface area (Å²) in [6.07, 6.45) is 5.10. The molecule has 0 amide bonds. The maximum Gasteiger partial charge on any atom is 1.00 e. The summed E-state index contributed by atoms with van der Waals surface area (Å²) in [6, 6.07) is 0.0139. The minimum absolute atomic E-state index is 0. The van der Waals surface area contributed by atoms with Crippen LogP contribution in [0.15, 0.2) is 14.1 Å². The van der Waals surface area contributed by atoms with Crippen molar-refractivity contribution in [2.45, 2.75) is 38.1 Å². The van der Waals surface area contributed by atoms with Gasteiger partial charge in [-0.05, 0) is 6.04 Å². The Labute approximate surface area is 123 Å². The second-order valence-electron chi connectivity index (χ2n) is 3.39. The Morgan fingerprint density at radius 1 is 1.21 bits per heavy atom. The summed E-state index contributed by atoms with van der Waals surface area (Å²) >= 11 is 0. The topological polar surface area (TPSA) is 66.3 Å². The second kappa shape index (κ2) is 5.46. The van der Waals surface area contributed by atoms with Gasteiger partial charge in [0, 0.05) is 0 Å². The first kappa shape index (κ1) is 12.4. The summed E-state index contributed by atoms with van der Waals surface area (Å²) in [5.74, 6) is -0.614. The molecule has 0 atom stereocenters. The van der Waals surface area contributed by atoms with E-state index in [-0.39, 0.29) is 57.4 Å². The molecule has 72 valence electrons. The van der Waals surface area contributed by atoms with Gasteiger partial charge in [0.15, 0.2) is 5.69 Å². The van der Waals surface area contributed by atoms with Crippen molar-refractivity contribution in [1.82, 2.24) is 9.72 Å². The van der Waals surface area contributed by atoms with Crippen LogP contribution in [0.25, 0.3) is 0 Å². The van der Waals surface area contributed by atoms with E-state index in [4.69, 9.17) is 0 Å². The Morgan fingerprint density at radius 3 is 2.36 bits per heavy atom. The molecule has 0 radical (unpaired) electrons.